The fourth-order valence-corrected chi connectivity index (χ4v) is 2.84. The van der Waals surface area contributed by atoms with Gasteiger partial charge < -0.3 is 5.11 Å². The van der Waals surface area contributed by atoms with Gasteiger partial charge in [0.1, 0.15) is 0 Å². The highest BCUT2D eigenvalue weighted by atomic mass is 16.4. The van der Waals surface area contributed by atoms with Gasteiger partial charge in [-0.15, -0.1) is 0 Å². The number of piperidine rings is 1. The van der Waals surface area contributed by atoms with Gasteiger partial charge in [-0.3, -0.25) is 9.69 Å². The fourth-order valence-electron chi connectivity index (χ4n) is 2.84. The van der Waals surface area contributed by atoms with Crippen LogP contribution in [0.4, 0.5) is 0 Å². The van der Waals surface area contributed by atoms with Crippen molar-refractivity contribution in [2.45, 2.75) is 39.2 Å². The summed E-state index contributed by atoms with van der Waals surface area (Å²) in [5, 5.41) is 8.95. The number of carboxylic acids is 1. The van der Waals surface area contributed by atoms with Crippen LogP contribution < -0.4 is 0 Å². The van der Waals surface area contributed by atoms with Gasteiger partial charge in [-0.1, -0.05) is 37.6 Å². The summed E-state index contributed by atoms with van der Waals surface area (Å²) in [7, 11) is 0. The largest absolute Gasteiger partial charge is 0.481 e. The van der Waals surface area contributed by atoms with E-state index in [1.165, 1.54) is 24.8 Å². The van der Waals surface area contributed by atoms with E-state index in [0.717, 1.165) is 31.1 Å². The molecule has 1 aliphatic rings. The first-order valence-electron chi connectivity index (χ1n) is 7.20. The predicted octanol–water partition coefficient (Wildman–Crippen LogP) is 2.94. The second-order valence-corrected chi connectivity index (χ2v) is 5.47. The molecule has 0 aliphatic carbocycles. The average Bonchev–Trinajstić information content (AvgIpc) is 2.41. The number of rotatable bonds is 5. The third kappa shape index (κ3) is 4.06. The smallest absolute Gasteiger partial charge is 0.307 e. The molecule has 19 heavy (non-hydrogen) atoms. The van der Waals surface area contributed by atoms with Gasteiger partial charge >= 0.3 is 5.97 Å². The molecule has 2 rings (SSSR count). The first kappa shape index (κ1) is 14.1. The van der Waals surface area contributed by atoms with Crippen LogP contribution >= 0.6 is 0 Å². The summed E-state index contributed by atoms with van der Waals surface area (Å²) in [4.78, 5) is 13.3. The zero-order valence-corrected chi connectivity index (χ0v) is 11.6. The van der Waals surface area contributed by atoms with Gasteiger partial charge in [0.25, 0.3) is 0 Å². The molecule has 0 saturated carbocycles. The number of benzene rings is 1. The summed E-state index contributed by atoms with van der Waals surface area (Å²) in [5.41, 5.74) is 2.12. The molecule has 1 saturated heterocycles. The maximum Gasteiger partial charge on any atom is 0.307 e. The highest BCUT2D eigenvalue weighted by Crippen LogP contribution is 2.22. The molecule has 0 unspecified atom stereocenters. The molecule has 0 amide bonds. The van der Waals surface area contributed by atoms with Crippen molar-refractivity contribution in [2.24, 2.45) is 5.92 Å². The van der Waals surface area contributed by atoms with Crippen molar-refractivity contribution in [3.8, 4) is 0 Å². The van der Waals surface area contributed by atoms with E-state index in [0.29, 0.717) is 0 Å². The third-order valence-corrected chi connectivity index (χ3v) is 4.14. The Balaban J connectivity index is 1.97. The number of nitrogens with zero attached hydrogens (tertiary/aromatic N) is 1. The van der Waals surface area contributed by atoms with Gasteiger partial charge in [-0.2, -0.15) is 0 Å². The van der Waals surface area contributed by atoms with Crippen molar-refractivity contribution in [1.29, 1.82) is 0 Å². The minimum absolute atomic E-state index is 0.127. The van der Waals surface area contributed by atoms with E-state index in [-0.39, 0.29) is 6.42 Å². The number of hydrogen-bond donors (Lipinski definition) is 1. The van der Waals surface area contributed by atoms with E-state index in [1.807, 2.05) is 18.2 Å². The summed E-state index contributed by atoms with van der Waals surface area (Å²) in [6, 6.07) is 7.91. The van der Waals surface area contributed by atoms with Crippen LogP contribution in [0.1, 0.15) is 37.3 Å². The van der Waals surface area contributed by atoms with Crippen LogP contribution in [0.5, 0.6) is 0 Å². The normalized spacial score (nSPS) is 17.5. The van der Waals surface area contributed by atoms with E-state index in [2.05, 4.69) is 17.9 Å². The Morgan fingerprint density at radius 2 is 1.89 bits per heavy atom. The molecule has 0 radical (unpaired) electrons. The standard InChI is InChI=1S/C16H23NO2/c1-2-13-7-9-17(10-8-13)12-15-6-4-3-5-14(15)11-16(18)19/h3-6,13H,2,7-12H2,1H3,(H,18,19). The molecule has 1 aliphatic heterocycles. The quantitative estimate of drug-likeness (QED) is 0.886. The van der Waals surface area contributed by atoms with E-state index < -0.39 is 5.97 Å². The fraction of sp³-hybridized carbons (Fsp3) is 0.562. The molecule has 3 heteroatoms. The molecule has 1 N–H and O–H groups in total. The Bertz CT molecular complexity index is 423. The summed E-state index contributed by atoms with van der Waals surface area (Å²) in [6.45, 7) is 5.43. The first-order valence-corrected chi connectivity index (χ1v) is 7.20. The summed E-state index contributed by atoms with van der Waals surface area (Å²) < 4.78 is 0. The maximum absolute atomic E-state index is 10.9. The highest BCUT2D eigenvalue weighted by Gasteiger charge is 2.18. The zero-order chi connectivity index (χ0) is 13.7. The Kier molecular flexibility index (Phi) is 4.97. The SMILES string of the molecule is CCC1CCN(Cc2ccccc2CC(=O)O)CC1. The van der Waals surface area contributed by atoms with Gasteiger partial charge in [-0.05, 0) is 43.0 Å². The zero-order valence-electron chi connectivity index (χ0n) is 11.6. The van der Waals surface area contributed by atoms with Gasteiger partial charge in [0.05, 0.1) is 6.42 Å². The lowest BCUT2D eigenvalue weighted by atomic mass is 9.94. The topological polar surface area (TPSA) is 40.5 Å². The molecule has 0 spiro atoms. The van der Waals surface area contributed by atoms with Crippen LogP contribution in [0.2, 0.25) is 0 Å². The van der Waals surface area contributed by atoms with E-state index in [1.54, 1.807) is 0 Å². The third-order valence-electron chi connectivity index (χ3n) is 4.14. The molecule has 1 heterocycles. The van der Waals surface area contributed by atoms with Crippen LogP contribution in [0, 0.1) is 5.92 Å². The van der Waals surface area contributed by atoms with Crippen LogP contribution in [0.3, 0.4) is 0 Å². The van der Waals surface area contributed by atoms with Crippen molar-refractivity contribution >= 4 is 5.97 Å². The minimum Gasteiger partial charge on any atom is -0.481 e. The molecule has 3 nitrogen and oxygen atoms in total. The summed E-state index contributed by atoms with van der Waals surface area (Å²) in [5.74, 6) is 0.127. The molecular formula is C16H23NO2. The lowest BCUT2D eigenvalue weighted by Gasteiger charge is -2.31. The predicted molar refractivity (Wildman–Crippen MR) is 76.1 cm³/mol. The van der Waals surface area contributed by atoms with Crippen molar-refractivity contribution in [1.82, 2.24) is 4.90 Å². The molecular weight excluding hydrogens is 238 g/mol. The van der Waals surface area contributed by atoms with Crippen molar-refractivity contribution in [2.75, 3.05) is 13.1 Å². The van der Waals surface area contributed by atoms with Crippen molar-refractivity contribution in [3.63, 3.8) is 0 Å². The monoisotopic (exact) mass is 261 g/mol. The minimum atomic E-state index is -0.753. The first-order chi connectivity index (χ1) is 9.19. The average molecular weight is 261 g/mol. The van der Waals surface area contributed by atoms with Crippen LogP contribution in [0.15, 0.2) is 24.3 Å². The molecule has 0 bridgehead atoms. The van der Waals surface area contributed by atoms with Crippen LogP contribution in [-0.4, -0.2) is 29.1 Å². The number of aliphatic carboxylic acids is 1. The van der Waals surface area contributed by atoms with Crippen LogP contribution in [0.25, 0.3) is 0 Å². The Morgan fingerprint density at radius 1 is 1.26 bits per heavy atom. The lowest BCUT2D eigenvalue weighted by molar-refractivity contribution is -0.136. The van der Waals surface area contributed by atoms with E-state index in [4.69, 9.17) is 5.11 Å². The number of hydrogen-bond acceptors (Lipinski definition) is 2. The van der Waals surface area contributed by atoms with E-state index >= 15 is 0 Å². The molecule has 1 fully saturated rings. The Hall–Kier alpha value is -1.35. The van der Waals surface area contributed by atoms with Crippen LogP contribution in [-0.2, 0) is 17.8 Å². The molecule has 104 valence electrons. The van der Waals surface area contributed by atoms with Crippen molar-refractivity contribution in [3.05, 3.63) is 35.4 Å². The van der Waals surface area contributed by atoms with Gasteiger partial charge in [0.2, 0.25) is 0 Å². The summed E-state index contributed by atoms with van der Waals surface area (Å²) in [6.07, 6.45) is 3.96. The summed E-state index contributed by atoms with van der Waals surface area (Å²) >= 11 is 0. The second kappa shape index (κ2) is 6.71. The molecule has 1 aromatic carbocycles. The number of carbonyl (C=O) groups is 1. The maximum atomic E-state index is 10.9. The Labute approximate surface area is 115 Å². The number of likely N-dealkylation sites (tertiary alicyclic amines) is 1. The molecule has 0 atom stereocenters. The van der Waals surface area contributed by atoms with Gasteiger partial charge in [0.15, 0.2) is 0 Å². The van der Waals surface area contributed by atoms with Crippen molar-refractivity contribution < 1.29 is 9.90 Å². The lowest BCUT2D eigenvalue weighted by Crippen LogP contribution is -2.33. The number of carboxylic acid groups (broad SMARTS) is 1. The van der Waals surface area contributed by atoms with Gasteiger partial charge in [-0.25, -0.2) is 0 Å². The highest BCUT2D eigenvalue weighted by molar-refractivity contribution is 5.70. The van der Waals surface area contributed by atoms with E-state index in [9.17, 15) is 4.79 Å². The van der Waals surface area contributed by atoms with Gasteiger partial charge in [0, 0.05) is 6.54 Å². The molecule has 1 aromatic rings. The second-order valence-electron chi connectivity index (χ2n) is 5.47. The molecule has 0 aromatic heterocycles. The Morgan fingerprint density at radius 3 is 2.47 bits per heavy atom.